The van der Waals surface area contributed by atoms with E-state index >= 15 is 0 Å². The van der Waals surface area contributed by atoms with E-state index in [1.165, 1.54) is 12.1 Å². The first-order valence-electron chi connectivity index (χ1n) is 5.88. The van der Waals surface area contributed by atoms with Gasteiger partial charge in [-0.15, -0.1) is 0 Å². The first kappa shape index (κ1) is 15.2. The van der Waals surface area contributed by atoms with Crippen LogP contribution in [0.1, 0.15) is 12.5 Å². The third kappa shape index (κ3) is 4.06. The van der Waals surface area contributed by atoms with Gasteiger partial charge in [0.05, 0.1) is 12.3 Å². The molecule has 1 atom stereocenters. The van der Waals surface area contributed by atoms with Gasteiger partial charge in [0.2, 0.25) is 0 Å². The van der Waals surface area contributed by atoms with Crippen molar-refractivity contribution in [2.45, 2.75) is 13.0 Å². The Hall–Kier alpha value is -1.88. The topological polar surface area (TPSA) is 49.8 Å². The van der Waals surface area contributed by atoms with Crippen LogP contribution in [0, 0.1) is 5.82 Å². The lowest BCUT2D eigenvalue weighted by Gasteiger charge is -2.28. The molecule has 4 nitrogen and oxygen atoms in total. The molecule has 1 N–H and O–H groups in total. The third-order valence-electron chi connectivity index (χ3n) is 2.85. The summed E-state index contributed by atoms with van der Waals surface area (Å²) >= 11 is 0. The van der Waals surface area contributed by atoms with Gasteiger partial charge in [-0.25, -0.2) is 9.18 Å². The zero-order valence-corrected chi connectivity index (χ0v) is 11.3. The molecule has 0 spiro atoms. The van der Waals surface area contributed by atoms with Crippen molar-refractivity contribution in [3.63, 3.8) is 0 Å². The molecule has 1 aromatic rings. The van der Waals surface area contributed by atoms with Crippen molar-refractivity contribution < 1.29 is 19.0 Å². The molecule has 1 aromatic carbocycles. The number of methoxy groups -OCH3 is 1. The van der Waals surface area contributed by atoms with Gasteiger partial charge in [0.1, 0.15) is 5.82 Å². The maximum absolute atomic E-state index is 14.0. The van der Waals surface area contributed by atoms with E-state index in [1.54, 1.807) is 31.2 Å². The van der Waals surface area contributed by atoms with E-state index in [-0.39, 0.29) is 6.04 Å². The highest BCUT2D eigenvalue weighted by molar-refractivity contribution is 5.87. The van der Waals surface area contributed by atoms with Crippen LogP contribution in [0.15, 0.2) is 24.3 Å². The lowest BCUT2D eigenvalue weighted by Crippen LogP contribution is -2.33. The Morgan fingerprint density at radius 3 is 2.84 bits per heavy atom. The van der Waals surface area contributed by atoms with Gasteiger partial charge < -0.3 is 14.7 Å². The summed E-state index contributed by atoms with van der Waals surface area (Å²) in [5, 5.41) is 8.65. The molecule has 104 valence electrons. The molecule has 0 saturated heterocycles. The van der Waals surface area contributed by atoms with Crippen LogP contribution in [0.5, 0.6) is 0 Å². The summed E-state index contributed by atoms with van der Waals surface area (Å²) in [7, 11) is 3.33. The molecule has 0 amide bonds. The first-order valence-corrected chi connectivity index (χ1v) is 5.88. The Morgan fingerprint density at radius 2 is 2.26 bits per heavy atom. The molecule has 0 aromatic heterocycles. The van der Waals surface area contributed by atoms with Crippen LogP contribution < -0.4 is 4.90 Å². The molecule has 0 aliphatic rings. The van der Waals surface area contributed by atoms with Crippen LogP contribution in [0.4, 0.5) is 10.1 Å². The third-order valence-corrected chi connectivity index (χ3v) is 2.85. The van der Waals surface area contributed by atoms with Gasteiger partial charge in [-0.05, 0) is 19.1 Å². The van der Waals surface area contributed by atoms with Crippen molar-refractivity contribution >= 4 is 17.7 Å². The molecule has 1 unspecified atom stereocenters. The van der Waals surface area contributed by atoms with Gasteiger partial charge >= 0.3 is 5.97 Å². The summed E-state index contributed by atoms with van der Waals surface area (Å²) < 4.78 is 19.0. The highest BCUT2D eigenvalue weighted by Gasteiger charge is 2.16. The number of anilines is 1. The van der Waals surface area contributed by atoms with Gasteiger partial charge in [0, 0.05) is 31.8 Å². The van der Waals surface area contributed by atoms with Crippen molar-refractivity contribution in [2.24, 2.45) is 0 Å². The minimum atomic E-state index is -1.07. The molecule has 0 aliphatic carbocycles. The number of rotatable bonds is 6. The molecule has 0 aliphatic heterocycles. The second-order valence-corrected chi connectivity index (χ2v) is 4.26. The number of likely N-dealkylation sites (N-methyl/N-ethyl adjacent to an activating group) is 1. The van der Waals surface area contributed by atoms with Gasteiger partial charge in [-0.2, -0.15) is 0 Å². The number of ether oxygens (including phenoxy) is 1. The van der Waals surface area contributed by atoms with Crippen LogP contribution >= 0.6 is 0 Å². The molecular formula is C14H18FNO3. The standard InChI is InChI=1S/C14H18FNO3/c1-10(9-19-3)16(2)14-11(7-8-13(17)18)5-4-6-12(14)15/h4-8,10H,9H2,1-3H3,(H,17,18)/b8-7+. The quantitative estimate of drug-likeness (QED) is 0.804. The first-order chi connectivity index (χ1) is 8.97. The predicted octanol–water partition coefficient (Wildman–Crippen LogP) is 2.39. The Kier molecular flexibility index (Phi) is 5.51. The average Bonchev–Trinajstić information content (AvgIpc) is 2.35. The Balaban J connectivity index is 3.13. The number of carboxylic acid groups (broad SMARTS) is 1. The van der Waals surface area contributed by atoms with Gasteiger partial charge in [-0.1, -0.05) is 12.1 Å². The van der Waals surface area contributed by atoms with Gasteiger partial charge in [-0.3, -0.25) is 0 Å². The molecule has 0 fully saturated rings. The van der Waals surface area contributed by atoms with Crippen molar-refractivity contribution in [3.05, 3.63) is 35.7 Å². The number of carbonyl (C=O) groups is 1. The summed E-state index contributed by atoms with van der Waals surface area (Å²) in [4.78, 5) is 12.3. The Labute approximate surface area is 112 Å². The van der Waals surface area contributed by atoms with Crippen molar-refractivity contribution in [1.82, 2.24) is 0 Å². The monoisotopic (exact) mass is 267 g/mol. The lowest BCUT2D eigenvalue weighted by atomic mass is 10.1. The zero-order valence-electron chi connectivity index (χ0n) is 11.3. The maximum Gasteiger partial charge on any atom is 0.328 e. The summed E-state index contributed by atoms with van der Waals surface area (Å²) in [5.74, 6) is -1.46. The minimum absolute atomic E-state index is 0.0288. The minimum Gasteiger partial charge on any atom is -0.478 e. The Morgan fingerprint density at radius 1 is 1.58 bits per heavy atom. The van der Waals surface area contributed by atoms with Crippen molar-refractivity contribution in [2.75, 3.05) is 25.7 Å². The highest BCUT2D eigenvalue weighted by atomic mass is 19.1. The average molecular weight is 267 g/mol. The fourth-order valence-corrected chi connectivity index (χ4v) is 1.77. The summed E-state index contributed by atoms with van der Waals surface area (Å²) in [6.07, 6.45) is 2.38. The number of halogens is 1. The normalized spacial score (nSPS) is 12.6. The zero-order chi connectivity index (χ0) is 14.4. The van der Waals surface area contributed by atoms with E-state index < -0.39 is 11.8 Å². The predicted molar refractivity (Wildman–Crippen MR) is 72.8 cm³/mol. The number of hydrogen-bond donors (Lipinski definition) is 1. The largest absolute Gasteiger partial charge is 0.478 e. The number of carboxylic acids is 1. The van der Waals surface area contributed by atoms with E-state index in [4.69, 9.17) is 9.84 Å². The molecule has 5 heteroatoms. The van der Waals surface area contributed by atoms with Crippen LogP contribution in [0.2, 0.25) is 0 Å². The molecule has 19 heavy (non-hydrogen) atoms. The molecule has 0 heterocycles. The van der Waals surface area contributed by atoms with Crippen LogP contribution in [0.3, 0.4) is 0 Å². The molecule has 1 rings (SSSR count). The number of nitrogens with zero attached hydrogens (tertiary/aromatic N) is 1. The fourth-order valence-electron chi connectivity index (χ4n) is 1.77. The molecule has 0 radical (unpaired) electrons. The molecular weight excluding hydrogens is 249 g/mol. The second kappa shape index (κ2) is 6.89. The maximum atomic E-state index is 14.0. The SMILES string of the molecule is COCC(C)N(C)c1c(F)cccc1/C=C/C(=O)O. The van der Waals surface area contributed by atoms with E-state index in [0.29, 0.717) is 17.9 Å². The van der Waals surface area contributed by atoms with Crippen LogP contribution in [-0.2, 0) is 9.53 Å². The summed E-state index contributed by atoms with van der Waals surface area (Å²) in [5.41, 5.74) is 0.886. The molecule has 0 saturated carbocycles. The summed E-state index contributed by atoms with van der Waals surface area (Å²) in [6, 6.07) is 4.55. The van der Waals surface area contributed by atoms with Gasteiger partial charge in [0.25, 0.3) is 0 Å². The lowest BCUT2D eigenvalue weighted by molar-refractivity contribution is -0.131. The second-order valence-electron chi connectivity index (χ2n) is 4.26. The van der Waals surface area contributed by atoms with E-state index in [2.05, 4.69) is 0 Å². The number of para-hydroxylation sites is 1. The summed E-state index contributed by atoms with van der Waals surface area (Å²) in [6.45, 7) is 2.35. The molecule has 0 bridgehead atoms. The van der Waals surface area contributed by atoms with E-state index in [0.717, 1.165) is 6.08 Å². The van der Waals surface area contributed by atoms with E-state index in [9.17, 15) is 9.18 Å². The number of benzene rings is 1. The van der Waals surface area contributed by atoms with Crippen molar-refractivity contribution in [1.29, 1.82) is 0 Å². The number of hydrogen-bond acceptors (Lipinski definition) is 3. The van der Waals surface area contributed by atoms with Crippen LogP contribution in [-0.4, -0.2) is 37.9 Å². The number of aliphatic carboxylic acids is 1. The highest BCUT2D eigenvalue weighted by Crippen LogP contribution is 2.26. The smallest absolute Gasteiger partial charge is 0.328 e. The van der Waals surface area contributed by atoms with Crippen molar-refractivity contribution in [3.8, 4) is 0 Å². The van der Waals surface area contributed by atoms with E-state index in [1.807, 2.05) is 6.92 Å². The fraction of sp³-hybridized carbons (Fsp3) is 0.357. The van der Waals surface area contributed by atoms with Crippen LogP contribution in [0.25, 0.3) is 6.08 Å². The van der Waals surface area contributed by atoms with Gasteiger partial charge in [0.15, 0.2) is 0 Å². The Bertz CT molecular complexity index is 474.